The lowest BCUT2D eigenvalue weighted by Crippen LogP contribution is -2.52. The van der Waals surface area contributed by atoms with Crippen molar-refractivity contribution >= 4 is 22.7 Å². The number of aryl methyl sites for hydroxylation is 2. The molecule has 5 rings (SSSR count). The number of para-hydroxylation sites is 1. The predicted molar refractivity (Wildman–Crippen MR) is 118 cm³/mol. The molecule has 6 nitrogen and oxygen atoms in total. The van der Waals surface area contributed by atoms with E-state index in [1.807, 2.05) is 21.9 Å². The van der Waals surface area contributed by atoms with Crippen LogP contribution in [0.1, 0.15) is 53.7 Å². The summed E-state index contributed by atoms with van der Waals surface area (Å²) in [5.41, 5.74) is 4.53. The number of nitrogens with one attached hydrogen (secondary N) is 1. The van der Waals surface area contributed by atoms with Gasteiger partial charge in [-0.15, -0.1) is 0 Å². The van der Waals surface area contributed by atoms with Gasteiger partial charge in [0, 0.05) is 50.3 Å². The normalized spacial score (nSPS) is 20.4. The maximum atomic E-state index is 13.3. The van der Waals surface area contributed by atoms with Crippen molar-refractivity contribution in [3.63, 3.8) is 0 Å². The van der Waals surface area contributed by atoms with Gasteiger partial charge in [-0.3, -0.25) is 14.5 Å². The highest BCUT2D eigenvalue weighted by Crippen LogP contribution is 2.31. The van der Waals surface area contributed by atoms with Gasteiger partial charge >= 0.3 is 0 Å². The molecule has 1 N–H and O–H groups in total. The van der Waals surface area contributed by atoms with Gasteiger partial charge in [0.05, 0.1) is 17.6 Å². The molecule has 1 aromatic heterocycles. The summed E-state index contributed by atoms with van der Waals surface area (Å²) in [6.07, 6.45) is 8.14. The minimum atomic E-state index is 0.112. The first-order valence-electron chi connectivity index (χ1n) is 11.6. The second-order valence-electron chi connectivity index (χ2n) is 9.03. The molecule has 3 aliphatic rings. The van der Waals surface area contributed by atoms with Crippen molar-refractivity contribution in [3.8, 4) is 0 Å². The van der Waals surface area contributed by atoms with E-state index in [4.69, 9.17) is 0 Å². The van der Waals surface area contributed by atoms with Gasteiger partial charge < -0.3 is 14.8 Å². The van der Waals surface area contributed by atoms with Crippen LogP contribution in [0.3, 0.4) is 0 Å². The van der Waals surface area contributed by atoms with Crippen molar-refractivity contribution in [3.05, 3.63) is 35.0 Å². The summed E-state index contributed by atoms with van der Waals surface area (Å²) >= 11 is 0. The van der Waals surface area contributed by atoms with Gasteiger partial charge in [-0.1, -0.05) is 12.1 Å². The molecule has 2 aliphatic heterocycles. The molecule has 0 radical (unpaired) electrons. The number of benzene rings is 1. The fraction of sp³-hybridized carbons (Fsp3) is 0.583. The Bertz CT molecular complexity index is 936. The van der Waals surface area contributed by atoms with Gasteiger partial charge in [0.2, 0.25) is 5.91 Å². The molecular weight excluding hydrogens is 376 g/mol. The first-order chi connectivity index (χ1) is 14.7. The standard InChI is InChI=1S/C24H32N4O2/c29-22(27-11-4-1-5-12-27)17-26-13-15-28(16-14-26)24(30)20-9-6-8-19-18-7-2-3-10-21(18)25-23(19)20/h6,8-9,25H,1-5,7,10-17H2. The van der Waals surface area contributed by atoms with Gasteiger partial charge in [0.15, 0.2) is 0 Å². The topological polar surface area (TPSA) is 59.7 Å². The van der Waals surface area contributed by atoms with Crippen LogP contribution >= 0.6 is 0 Å². The van der Waals surface area contributed by atoms with E-state index in [0.717, 1.165) is 62.9 Å². The van der Waals surface area contributed by atoms with Crippen LogP contribution in [0.2, 0.25) is 0 Å². The van der Waals surface area contributed by atoms with Crippen LogP contribution in [0.5, 0.6) is 0 Å². The van der Waals surface area contributed by atoms with E-state index >= 15 is 0 Å². The lowest BCUT2D eigenvalue weighted by molar-refractivity contribution is -0.133. The number of amides is 2. The van der Waals surface area contributed by atoms with Crippen LogP contribution < -0.4 is 0 Å². The number of H-pyrrole nitrogens is 1. The Kier molecular flexibility index (Phi) is 5.50. The largest absolute Gasteiger partial charge is 0.358 e. The van der Waals surface area contributed by atoms with Crippen molar-refractivity contribution in [2.24, 2.45) is 0 Å². The first kappa shape index (κ1) is 19.6. The number of piperazine rings is 1. The SMILES string of the molecule is O=C(CN1CCN(C(=O)c2cccc3c4c([nH]c23)CCCC4)CC1)N1CCCCC1. The van der Waals surface area contributed by atoms with Gasteiger partial charge in [0.25, 0.3) is 5.91 Å². The fourth-order valence-electron chi connectivity index (χ4n) is 5.32. The zero-order valence-corrected chi connectivity index (χ0v) is 17.8. The average molecular weight is 409 g/mol. The number of carbonyl (C=O) groups excluding carboxylic acids is 2. The molecule has 6 heteroatoms. The van der Waals surface area contributed by atoms with Crippen LogP contribution in [0.4, 0.5) is 0 Å². The second kappa shape index (κ2) is 8.42. The maximum Gasteiger partial charge on any atom is 0.256 e. The quantitative estimate of drug-likeness (QED) is 0.850. The minimum absolute atomic E-state index is 0.112. The van der Waals surface area contributed by atoms with Crippen LogP contribution in [-0.4, -0.2) is 77.3 Å². The molecule has 2 amide bonds. The zero-order chi connectivity index (χ0) is 20.5. The van der Waals surface area contributed by atoms with Crippen molar-refractivity contribution < 1.29 is 9.59 Å². The van der Waals surface area contributed by atoms with Crippen LogP contribution in [0.25, 0.3) is 10.9 Å². The van der Waals surface area contributed by atoms with E-state index in [-0.39, 0.29) is 11.8 Å². The number of aromatic nitrogens is 1. The van der Waals surface area contributed by atoms with Gasteiger partial charge in [-0.25, -0.2) is 0 Å². The molecule has 0 atom stereocenters. The molecule has 30 heavy (non-hydrogen) atoms. The Labute approximate surface area is 178 Å². The third-order valence-electron chi connectivity index (χ3n) is 7.09. The zero-order valence-electron chi connectivity index (χ0n) is 17.8. The highest BCUT2D eigenvalue weighted by atomic mass is 16.2. The highest BCUT2D eigenvalue weighted by molar-refractivity contribution is 6.06. The number of hydrogen-bond acceptors (Lipinski definition) is 3. The average Bonchev–Trinajstić information content (AvgIpc) is 3.18. The molecule has 0 spiro atoms. The summed E-state index contributed by atoms with van der Waals surface area (Å²) in [7, 11) is 0. The van der Waals surface area contributed by atoms with Crippen molar-refractivity contribution in [2.75, 3.05) is 45.8 Å². The number of nitrogens with zero attached hydrogens (tertiary/aromatic N) is 3. The summed E-state index contributed by atoms with van der Waals surface area (Å²) in [5, 5.41) is 1.22. The molecule has 2 aromatic rings. The molecule has 0 bridgehead atoms. The molecule has 1 aliphatic carbocycles. The molecular formula is C24H32N4O2. The fourth-order valence-corrected chi connectivity index (χ4v) is 5.32. The molecule has 160 valence electrons. The van der Waals surface area contributed by atoms with Gasteiger partial charge in [-0.2, -0.15) is 0 Å². The summed E-state index contributed by atoms with van der Waals surface area (Å²) in [6.45, 7) is 5.20. The first-order valence-corrected chi connectivity index (χ1v) is 11.6. The lowest BCUT2D eigenvalue weighted by atomic mass is 9.95. The highest BCUT2D eigenvalue weighted by Gasteiger charge is 2.27. The number of aromatic amines is 1. The Balaban J connectivity index is 1.24. The third-order valence-corrected chi connectivity index (χ3v) is 7.09. The molecule has 3 heterocycles. The predicted octanol–water partition coefficient (Wildman–Crippen LogP) is 2.82. The van der Waals surface area contributed by atoms with Crippen LogP contribution in [0.15, 0.2) is 18.2 Å². The van der Waals surface area contributed by atoms with E-state index in [1.54, 1.807) is 0 Å². The van der Waals surface area contributed by atoms with E-state index < -0.39 is 0 Å². The van der Waals surface area contributed by atoms with Gasteiger partial charge in [0.1, 0.15) is 0 Å². The van der Waals surface area contributed by atoms with Crippen LogP contribution in [-0.2, 0) is 17.6 Å². The summed E-state index contributed by atoms with van der Waals surface area (Å²) in [5.74, 6) is 0.359. The number of carbonyl (C=O) groups is 2. The minimum Gasteiger partial charge on any atom is -0.358 e. The Morgan fingerprint density at radius 1 is 0.833 bits per heavy atom. The number of piperidine rings is 1. The maximum absolute atomic E-state index is 13.3. The molecule has 0 saturated carbocycles. The Morgan fingerprint density at radius 3 is 2.40 bits per heavy atom. The van der Waals surface area contributed by atoms with Crippen molar-refractivity contribution in [1.29, 1.82) is 0 Å². The lowest BCUT2D eigenvalue weighted by Gasteiger charge is -2.36. The van der Waals surface area contributed by atoms with Crippen LogP contribution in [0, 0.1) is 0 Å². The molecule has 1 aromatic carbocycles. The number of rotatable bonds is 3. The van der Waals surface area contributed by atoms with E-state index in [9.17, 15) is 9.59 Å². The summed E-state index contributed by atoms with van der Waals surface area (Å²) in [6, 6.07) is 6.13. The third kappa shape index (κ3) is 3.73. The number of hydrogen-bond donors (Lipinski definition) is 1. The van der Waals surface area contributed by atoms with Gasteiger partial charge in [-0.05, 0) is 56.6 Å². The Morgan fingerprint density at radius 2 is 1.60 bits per heavy atom. The van der Waals surface area contributed by atoms with Crippen molar-refractivity contribution in [1.82, 2.24) is 19.7 Å². The van der Waals surface area contributed by atoms with E-state index in [2.05, 4.69) is 16.0 Å². The summed E-state index contributed by atoms with van der Waals surface area (Å²) < 4.78 is 0. The van der Waals surface area contributed by atoms with E-state index in [1.165, 1.54) is 35.9 Å². The molecule has 0 unspecified atom stereocenters. The van der Waals surface area contributed by atoms with Crippen molar-refractivity contribution in [2.45, 2.75) is 44.9 Å². The Hall–Kier alpha value is -2.34. The molecule has 2 saturated heterocycles. The smallest absolute Gasteiger partial charge is 0.256 e. The number of fused-ring (bicyclic) bond motifs is 3. The summed E-state index contributed by atoms with van der Waals surface area (Å²) in [4.78, 5) is 35.6. The second-order valence-corrected chi connectivity index (χ2v) is 9.03. The number of likely N-dealkylation sites (tertiary alicyclic amines) is 1. The monoisotopic (exact) mass is 408 g/mol. The molecule has 2 fully saturated rings. The van der Waals surface area contributed by atoms with E-state index in [0.29, 0.717) is 19.6 Å².